The normalized spacial score (nSPS) is 11.6. The topological polar surface area (TPSA) is 46.2 Å². The van der Waals surface area contributed by atoms with Gasteiger partial charge in [-0.15, -0.1) is 0 Å². The predicted molar refractivity (Wildman–Crippen MR) is 76.3 cm³/mol. The van der Waals surface area contributed by atoms with Gasteiger partial charge in [-0.25, -0.2) is 17.5 Å². The van der Waals surface area contributed by atoms with Crippen molar-refractivity contribution >= 4 is 10.0 Å². The first-order valence-corrected chi connectivity index (χ1v) is 7.68. The molecule has 0 aliphatic carbocycles. The van der Waals surface area contributed by atoms with Crippen LogP contribution in [0.2, 0.25) is 0 Å². The maximum atomic E-state index is 12.8. The Balaban J connectivity index is 2.19. The molecule has 0 radical (unpaired) electrons. The molecular formula is C15H16FNO2S. The molecule has 0 amide bonds. The van der Waals surface area contributed by atoms with Gasteiger partial charge in [0.1, 0.15) is 5.82 Å². The zero-order valence-electron chi connectivity index (χ0n) is 11.4. The molecule has 0 aliphatic heterocycles. The van der Waals surface area contributed by atoms with Gasteiger partial charge in [0.15, 0.2) is 0 Å². The SMILES string of the molecule is Cc1ccc(C)c(S(=O)(=O)NCc2ccc(F)cc2)c1. The van der Waals surface area contributed by atoms with Crippen molar-refractivity contribution in [1.29, 1.82) is 0 Å². The molecule has 20 heavy (non-hydrogen) atoms. The molecule has 2 rings (SSSR count). The number of halogens is 1. The standard InChI is InChI=1S/C15H16FNO2S/c1-11-3-4-12(2)15(9-11)20(18,19)17-10-13-5-7-14(16)8-6-13/h3-9,17H,10H2,1-2H3. The van der Waals surface area contributed by atoms with Gasteiger partial charge in [0, 0.05) is 6.54 Å². The van der Waals surface area contributed by atoms with Crippen molar-refractivity contribution in [2.45, 2.75) is 25.3 Å². The Bertz CT molecular complexity index is 709. The molecule has 2 aromatic rings. The summed E-state index contributed by atoms with van der Waals surface area (Å²) in [4.78, 5) is 0.277. The molecular weight excluding hydrogens is 277 g/mol. The number of benzene rings is 2. The second kappa shape index (κ2) is 5.73. The molecule has 0 saturated carbocycles. The van der Waals surface area contributed by atoms with Gasteiger partial charge in [0.2, 0.25) is 10.0 Å². The average Bonchev–Trinajstić information content (AvgIpc) is 2.41. The molecule has 0 bridgehead atoms. The Morgan fingerprint density at radius 3 is 2.35 bits per heavy atom. The molecule has 106 valence electrons. The van der Waals surface area contributed by atoms with E-state index in [0.29, 0.717) is 11.1 Å². The van der Waals surface area contributed by atoms with Crippen LogP contribution in [0.25, 0.3) is 0 Å². The third kappa shape index (κ3) is 3.43. The van der Waals surface area contributed by atoms with Gasteiger partial charge in [0.05, 0.1) is 4.90 Å². The molecule has 0 aliphatic rings. The van der Waals surface area contributed by atoms with Gasteiger partial charge in [-0.1, -0.05) is 24.3 Å². The number of nitrogens with one attached hydrogen (secondary N) is 1. The molecule has 3 nitrogen and oxygen atoms in total. The summed E-state index contributed by atoms with van der Waals surface area (Å²) in [6.07, 6.45) is 0. The average molecular weight is 293 g/mol. The van der Waals surface area contributed by atoms with Crippen LogP contribution in [-0.2, 0) is 16.6 Å². The second-order valence-corrected chi connectivity index (χ2v) is 6.46. The lowest BCUT2D eigenvalue weighted by molar-refractivity contribution is 0.580. The molecule has 0 unspecified atom stereocenters. The lowest BCUT2D eigenvalue weighted by Crippen LogP contribution is -2.24. The first kappa shape index (κ1) is 14.7. The summed E-state index contributed by atoms with van der Waals surface area (Å²) in [5, 5.41) is 0. The maximum absolute atomic E-state index is 12.8. The number of rotatable bonds is 4. The Kier molecular flexibility index (Phi) is 4.20. The van der Waals surface area contributed by atoms with E-state index in [0.717, 1.165) is 5.56 Å². The number of aryl methyl sites for hydroxylation is 2. The van der Waals surface area contributed by atoms with E-state index in [4.69, 9.17) is 0 Å². The Labute approximate surface area is 118 Å². The Morgan fingerprint density at radius 1 is 1.05 bits per heavy atom. The van der Waals surface area contributed by atoms with E-state index >= 15 is 0 Å². The Hall–Kier alpha value is -1.72. The summed E-state index contributed by atoms with van der Waals surface area (Å²) in [7, 11) is -3.57. The third-order valence-electron chi connectivity index (χ3n) is 3.01. The minimum atomic E-state index is -3.57. The van der Waals surface area contributed by atoms with E-state index in [1.54, 1.807) is 31.2 Å². The van der Waals surface area contributed by atoms with Gasteiger partial charge in [-0.2, -0.15) is 0 Å². The van der Waals surface area contributed by atoms with Crippen LogP contribution >= 0.6 is 0 Å². The summed E-state index contributed by atoms with van der Waals surface area (Å²) in [5.74, 6) is -0.342. The fourth-order valence-electron chi connectivity index (χ4n) is 1.86. The number of hydrogen-bond acceptors (Lipinski definition) is 2. The van der Waals surface area contributed by atoms with E-state index < -0.39 is 10.0 Å². The maximum Gasteiger partial charge on any atom is 0.241 e. The molecule has 0 spiro atoms. The molecule has 2 aromatic carbocycles. The van der Waals surface area contributed by atoms with Crippen molar-refractivity contribution < 1.29 is 12.8 Å². The van der Waals surface area contributed by atoms with Crippen molar-refractivity contribution in [2.75, 3.05) is 0 Å². The van der Waals surface area contributed by atoms with E-state index in [1.165, 1.54) is 12.1 Å². The van der Waals surface area contributed by atoms with Gasteiger partial charge in [-0.05, 0) is 48.7 Å². The minimum absolute atomic E-state index is 0.135. The molecule has 0 fully saturated rings. The molecule has 1 N–H and O–H groups in total. The van der Waals surface area contributed by atoms with Crippen LogP contribution in [0.5, 0.6) is 0 Å². The zero-order chi connectivity index (χ0) is 14.8. The highest BCUT2D eigenvalue weighted by Crippen LogP contribution is 2.17. The minimum Gasteiger partial charge on any atom is -0.207 e. The summed E-state index contributed by atoms with van der Waals surface area (Å²) in [5.41, 5.74) is 2.29. The van der Waals surface area contributed by atoms with Crippen molar-refractivity contribution in [3.8, 4) is 0 Å². The zero-order valence-corrected chi connectivity index (χ0v) is 12.2. The summed E-state index contributed by atoms with van der Waals surface area (Å²) in [6.45, 7) is 3.74. The smallest absolute Gasteiger partial charge is 0.207 e. The van der Waals surface area contributed by atoms with Crippen LogP contribution in [0, 0.1) is 19.7 Å². The number of sulfonamides is 1. The first-order valence-electron chi connectivity index (χ1n) is 6.20. The molecule has 0 aromatic heterocycles. The lowest BCUT2D eigenvalue weighted by Gasteiger charge is -2.10. The van der Waals surface area contributed by atoms with Crippen molar-refractivity contribution in [2.24, 2.45) is 0 Å². The molecule has 5 heteroatoms. The predicted octanol–water partition coefficient (Wildman–Crippen LogP) is 2.92. The highest BCUT2D eigenvalue weighted by molar-refractivity contribution is 7.89. The monoisotopic (exact) mass is 293 g/mol. The van der Waals surface area contributed by atoms with E-state index in [2.05, 4.69) is 4.72 Å². The van der Waals surface area contributed by atoms with Crippen molar-refractivity contribution in [3.05, 3.63) is 65.0 Å². The van der Waals surface area contributed by atoms with Gasteiger partial charge < -0.3 is 0 Å². The van der Waals surface area contributed by atoms with Gasteiger partial charge in [-0.3, -0.25) is 0 Å². The molecule has 0 atom stereocenters. The van der Waals surface area contributed by atoms with Gasteiger partial charge >= 0.3 is 0 Å². The van der Waals surface area contributed by atoms with E-state index in [-0.39, 0.29) is 17.3 Å². The third-order valence-corrected chi connectivity index (χ3v) is 4.56. The summed E-state index contributed by atoms with van der Waals surface area (Å²) < 4.78 is 39.8. The molecule has 0 saturated heterocycles. The lowest BCUT2D eigenvalue weighted by atomic mass is 10.2. The first-order chi connectivity index (χ1) is 9.38. The van der Waals surface area contributed by atoms with Gasteiger partial charge in [0.25, 0.3) is 0 Å². The van der Waals surface area contributed by atoms with Crippen LogP contribution in [0.3, 0.4) is 0 Å². The van der Waals surface area contributed by atoms with Crippen LogP contribution in [0.1, 0.15) is 16.7 Å². The Morgan fingerprint density at radius 2 is 1.70 bits per heavy atom. The van der Waals surface area contributed by atoms with Crippen molar-refractivity contribution in [1.82, 2.24) is 4.72 Å². The second-order valence-electron chi connectivity index (χ2n) is 4.72. The largest absolute Gasteiger partial charge is 0.241 e. The van der Waals surface area contributed by atoms with E-state index in [9.17, 15) is 12.8 Å². The van der Waals surface area contributed by atoms with Crippen LogP contribution in [0.15, 0.2) is 47.4 Å². The summed E-state index contributed by atoms with van der Waals surface area (Å²) >= 11 is 0. The quantitative estimate of drug-likeness (QED) is 0.942. The van der Waals surface area contributed by atoms with Crippen LogP contribution < -0.4 is 4.72 Å². The van der Waals surface area contributed by atoms with Crippen LogP contribution in [0.4, 0.5) is 4.39 Å². The van der Waals surface area contributed by atoms with Crippen molar-refractivity contribution in [3.63, 3.8) is 0 Å². The highest BCUT2D eigenvalue weighted by Gasteiger charge is 2.16. The molecule has 0 heterocycles. The fraction of sp³-hybridized carbons (Fsp3) is 0.200. The van der Waals surface area contributed by atoms with Crippen LogP contribution in [-0.4, -0.2) is 8.42 Å². The summed E-state index contributed by atoms with van der Waals surface area (Å²) in [6, 6.07) is 11.0. The van der Waals surface area contributed by atoms with E-state index in [1.807, 2.05) is 13.0 Å². The fourth-order valence-corrected chi connectivity index (χ4v) is 3.20. The number of hydrogen-bond donors (Lipinski definition) is 1. The highest BCUT2D eigenvalue weighted by atomic mass is 32.2.